The van der Waals surface area contributed by atoms with Crippen molar-refractivity contribution in [1.29, 1.82) is 0 Å². The molecule has 4 aliphatic carbocycles. The maximum absolute atomic E-state index is 15.5. The lowest BCUT2D eigenvalue weighted by Crippen LogP contribution is -3.02. The molecule has 0 bridgehead atoms. The molecule has 4 saturated heterocycles. The van der Waals surface area contributed by atoms with Gasteiger partial charge in [-0.25, -0.2) is 10.1 Å². The van der Waals surface area contributed by atoms with Gasteiger partial charge in [0.1, 0.15) is 18.5 Å². The van der Waals surface area contributed by atoms with Gasteiger partial charge in [-0.3, -0.25) is 15.3 Å². The smallest absolute Gasteiger partial charge is 0.350 e. The van der Waals surface area contributed by atoms with Crippen molar-refractivity contribution in [3.05, 3.63) is 23.3 Å². The number of hydrogen-bond acceptors (Lipinski definition) is 8. The summed E-state index contributed by atoms with van der Waals surface area (Å²) in [5.41, 5.74) is 4.39. The van der Waals surface area contributed by atoms with E-state index in [0.717, 1.165) is 108 Å². The standard InChI is InChI=1S/C50H82N6O6/c1-6-53-40-23-34-11-8-7-10-33(34)22-36(40)29-61-47(60)50-45(59)43-35(25-48(3,4)24-31-15-18-41(51)55-27-31)12-9-13-39(43)44(58)49(50,62-50)26-37(28-57)30(2)14-16-32-20-21-54-46-38(32)17-19-42(52-5)56-46/h8,11,31-36,38-43,46,52-57H,6-7,9-10,12-29,51H2,1-5H3/p+4/t31?,32?,33-,34-,35?,36+,38?,39?,40+,41?,42+,43?,46?,49-,50-/m0/s1. The molecule has 4 heterocycles. The number of quaternary nitrogens is 4. The molecule has 3 saturated carbocycles. The van der Waals surface area contributed by atoms with Crippen molar-refractivity contribution in [2.45, 2.75) is 173 Å². The molecule has 62 heavy (non-hydrogen) atoms. The molecule has 4 aliphatic heterocycles. The van der Waals surface area contributed by atoms with E-state index in [9.17, 15) is 9.90 Å². The predicted molar refractivity (Wildman–Crippen MR) is 237 cm³/mol. The van der Waals surface area contributed by atoms with Crippen LogP contribution in [0.4, 0.5) is 0 Å². The normalized spacial score (nSPS) is 42.2. The number of nitrogens with one attached hydrogen (secondary N) is 1. The first-order valence-electron chi connectivity index (χ1n) is 25.5. The Morgan fingerprint density at radius 1 is 1.03 bits per heavy atom. The van der Waals surface area contributed by atoms with Crippen LogP contribution in [0.2, 0.25) is 0 Å². The highest BCUT2D eigenvalue weighted by atomic mass is 16.7. The van der Waals surface area contributed by atoms with Gasteiger partial charge in [0.05, 0.1) is 45.9 Å². The van der Waals surface area contributed by atoms with E-state index < -0.39 is 29.0 Å². The number of rotatable bonds is 16. The van der Waals surface area contributed by atoms with E-state index in [-0.39, 0.29) is 54.6 Å². The first kappa shape index (κ1) is 46.5. The van der Waals surface area contributed by atoms with Gasteiger partial charge >= 0.3 is 5.97 Å². The van der Waals surface area contributed by atoms with E-state index in [2.05, 4.69) is 73.5 Å². The number of epoxide rings is 1. The lowest BCUT2D eigenvalue weighted by atomic mass is 9.55. The molecular formula is C50H86N6O6+4. The Morgan fingerprint density at radius 3 is 2.63 bits per heavy atom. The summed E-state index contributed by atoms with van der Waals surface area (Å²) in [6, 6.07) is 0.328. The molecule has 0 aromatic carbocycles. The van der Waals surface area contributed by atoms with Crippen molar-refractivity contribution in [3.63, 3.8) is 0 Å². The molecule has 12 nitrogen and oxygen atoms in total. The minimum Gasteiger partial charge on any atom is -0.463 e. The molecule has 348 valence electrons. The fourth-order valence-corrected chi connectivity index (χ4v) is 14.8. The molecule has 15 atom stereocenters. The van der Waals surface area contributed by atoms with Gasteiger partial charge < -0.3 is 35.8 Å². The molecule has 12 heteroatoms. The summed E-state index contributed by atoms with van der Waals surface area (Å²) in [7, 11) is 2.15. The number of carbonyl (C=O) groups is 3. The summed E-state index contributed by atoms with van der Waals surface area (Å²) in [5.74, 6) is 1.00. The van der Waals surface area contributed by atoms with E-state index in [1.54, 1.807) is 0 Å². The minimum atomic E-state index is -1.96. The average molecular weight is 867 g/mol. The molecule has 7 fully saturated rings. The zero-order valence-electron chi connectivity index (χ0n) is 39.1. The first-order chi connectivity index (χ1) is 29.8. The Labute approximate surface area is 372 Å². The number of ketones is 2. The molecule has 0 aromatic rings. The fraction of sp³-hybridized carbons (Fsp3) is 0.860. The van der Waals surface area contributed by atoms with Crippen LogP contribution in [0.3, 0.4) is 0 Å². The molecular weight excluding hydrogens is 781 g/mol. The Morgan fingerprint density at radius 2 is 1.87 bits per heavy atom. The third kappa shape index (κ3) is 9.20. The highest BCUT2D eigenvalue weighted by Crippen LogP contribution is 2.64. The summed E-state index contributed by atoms with van der Waals surface area (Å²) in [4.78, 5) is 45.8. The number of allylic oxidation sites excluding steroid dienone is 3. The summed E-state index contributed by atoms with van der Waals surface area (Å²) in [5, 5.41) is 24.3. The van der Waals surface area contributed by atoms with Gasteiger partial charge in [-0.2, -0.15) is 0 Å². The second-order valence-corrected chi connectivity index (χ2v) is 22.6. The van der Waals surface area contributed by atoms with Crippen molar-refractivity contribution in [2.75, 3.05) is 39.9 Å². The monoisotopic (exact) mass is 867 g/mol. The third-order valence-corrected chi connectivity index (χ3v) is 18.1. The molecule has 8 aliphatic rings. The molecule has 0 aromatic heterocycles. The van der Waals surface area contributed by atoms with Crippen LogP contribution in [0, 0.1) is 58.7 Å². The summed E-state index contributed by atoms with van der Waals surface area (Å²) >= 11 is 0. The zero-order valence-corrected chi connectivity index (χ0v) is 39.1. The average Bonchev–Trinajstić information content (AvgIpc) is 3.97. The van der Waals surface area contributed by atoms with E-state index in [4.69, 9.17) is 15.2 Å². The number of esters is 1. The van der Waals surface area contributed by atoms with E-state index in [1.165, 1.54) is 19.3 Å². The van der Waals surface area contributed by atoms with Crippen LogP contribution in [0.15, 0.2) is 23.3 Å². The van der Waals surface area contributed by atoms with Crippen LogP contribution in [0.5, 0.6) is 0 Å². The maximum Gasteiger partial charge on any atom is 0.350 e. The number of hydrogen-bond donors (Lipinski definition) is 7. The van der Waals surface area contributed by atoms with Gasteiger partial charge in [-0.1, -0.05) is 38.0 Å². The highest BCUT2D eigenvalue weighted by molar-refractivity contribution is 6.23. The van der Waals surface area contributed by atoms with Gasteiger partial charge in [0.25, 0.3) is 5.60 Å². The van der Waals surface area contributed by atoms with Crippen molar-refractivity contribution < 1.29 is 50.2 Å². The van der Waals surface area contributed by atoms with Crippen molar-refractivity contribution >= 4 is 17.5 Å². The molecule has 0 radical (unpaired) electrons. The summed E-state index contributed by atoms with van der Waals surface area (Å²) < 4.78 is 13.0. The zero-order chi connectivity index (χ0) is 43.8. The Hall–Kier alpha value is -2.03. The number of carbonyl (C=O) groups excluding carboxylic acids is 3. The molecule has 12 N–H and O–H groups in total. The number of fused-ring (bicyclic) bond motifs is 4. The summed E-state index contributed by atoms with van der Waals surface area (Å²) in [6.07, 6.45) is 22.0. The number of aliphatic hydroxyl groups excluding tert-OH is 1. The van der Waals surface area contributed by atoms with Crippen LogP contribution in [0.1, 0.15) is 137 Å². The van der Waals surface area contributed by atoms with Crippen molar-refractivity contribution in [2.24, 2.45) is 64.4 Å². The molecule has 8 unspecified atom stereocenters. The lowest BCUT2D eigenvalue weighted by molar-refractivity contribution is -0.739. The minimum absolute atomic E-state index is 0.00833. The van der Waals surface area contributed by atoms with Gasteiger partial charge in [0, 0.05) is 55.3 Å². The Bertz CT molecular complexity index is 1680. The summed E-state index contributed by atoms with van der Waals surface area (Å²) in [6.45, 7) is 12.0. The van der Waals surface area contributed by atoms with Crippen molar-refractivity contribution in [1.82, 2.24) is 5.32 Å². The Balaban J connectivity index is 1.04. The quantitative estimate of drug-likeness (QED) is 0.0519. The SMILES string of the molecule is CC[NH2+][C@@H]1C[C@@H]2C=CCC[C@H]2C[C@@H]1COC(=O)[C@]12O[C@@]1(CC(CO)=C(C)CCC1CC[NH2+]C3N[C@@H]([NH2+]C)CCC13)C(=O)C1CCCC(CC(C)(C)CC3CCC(N)[NH2+]C3)C1C2=O. The van der Waals surface area contributed by atoms with Gasteiger partial charge in [-0.05, 0) is 126 Å². The van der Waals surface area contributed by atoms with Crippen LogP contribution in [0.25, 0.3) is 0 Å². The van der Waals surface area contributed by atoms with Crippen LogP contribution in [-0.4, -0.2) is 98.3 Å². The number of Topliss-reactive ketones (excluding diaryl/α,β-unsaturated/α-hetero) is 2. The fourth-order valence-electron chi connectivity index (χ4n) is 14.8. The lowest BCUT2D eigenvalue weighted by Gasteiger charge is -2.45. The maximum atomic E-state index is 15.5. The number of piperidine rings is 3. The molecule has 8 rings (SSSR count). The molecule has 0 amide bonds. The van der Waals surface area contributed by atoms with E-state index >= 15 is 9.59 Å². The predicted octanol–water partition coefficient (Wildman–Crippen LogP) is 1.14. The molecule has 0 spiro atoms. The second kappa shape index (κ2) is 19.4. The van der Waals surface area contributed by atoms with Crippen molar-refractivity contribution in [3.8, 4) is 0 Å². The van der Waals surface area contributed by atoms with E-state index in [1.807, 2.05) is 0 Å². The topological polar surface area (TPSA) is 198 Å². The third-order valence-electron chi connectivity index (χ3n) is 18.1. The Kier molecular flexibility index (Phi) is 14.6. The van der Waals surface area contributed by atoms with Crippen LogP contribution < -0.4 is 32.3 Å². The second-order valence-electron chi connectivity index (χ2n) is 22.6. The van der Waals surface area contributed by atoms with Crippen LogP contribution >= 0.6 is 0 Å². The van der Waals surface area contributed by atoms with Gasteiger partial charge in [-0.15, -0.1) is 0 Å². The van der Waals surface area contributed by atoms with E-state index in [0.29, 0.717) is 54.4 Å². The van der Waals surface area contributed by atoms with Gasteiger partial charge in [0.15, 0.2) is 17.2 Å². The number of ether oxygens (including phenoxy) is 2. The number of nitrogens with two attached hydrogens (primary N) is 5. The largest absolute Gasteiger partial charge is 0.463 e. The first-order valence-corrected chi connectivity index (χ1v) is 25.5. The number of aliphatic hydroxyl groups is 1. The highest BCUT2D eigenvalue weighted by Gasteiger charge is 2.87. The van der Waals surface area contributed by atoms with Crippen LogP contribution in [-0.2, 0) is 23.9 Å². The van der Waals surface area contributed by atoms with Gasteiger partial charge in [0.2, 0.25) is 0 Å².